The molecule has 1 heterocycles. The smallest absolute Gasteiger partial charge is 0.240 e. The van der Waals surface area contributed by atoms with Crippen LogP contribution in [0.5, 0.6) is 0 Å². The summed E-state index contributed by atoms with van der Waals surface area (Å²) in [6, 6.07) is 0. The average molecular weight is 241 g/mol. The van der Waals surface area contributed by atoms with Crippen molar-refractivity contribution in [3.8, 4) is 0 Å². The molecular weight excluding hydrogens is 226 g/mol. The number of carbonyl (C=O) groups excluding carboxylic acids is 2. The summed E-state index contributed by atoms with van der Waals surface area (Å²) in [5.41, 5.74) is 5.67. The number of hydrogen-bond donors (Lipinski definition) is 2. The second-order valence-corrected chi connectivity index (χ2v) is 5.28. The lowest BCUT2D eigenvalue weighted by Crippen LogP contribution is -2.52. The highest BCUT2D eigenvalue weighted by molar-refractivity contribution is 7.80. The lowest BCUT2D eigenvalue weighted by atomic mass is 10.0. The second kappa shape index (κ2) is 4.10. The van der Waals surface area contributed by atoms with E-state index in [1.165, 1.54) is 0 Å². The van der Waals surface area contributed by atoms with Gasteiger partial charge in [0.25, 0.3) is 0 Å². The molecule has 1 saturated carbocycles. The number of hydrogen-bond acceptors (Lipinski definition) is 4. The minimum absolute atomic E-state index is 0.129. The topological polar surface area (TPSA) is 75.4 Å². The summed E-state index contributed by atoms with van der Waals surface area (Å²) in [7, 11) is 0. The summed E-state index contributed by atoms with van der Waals surface area (Å²) in [5.74, 6) is -0.440. The molecule has 6 heteroatoms. The van der Waals surface area contributed by atoms with Crippen molar-refractivity contribution in [1.82, 2.24) is 10.2 Å². The molecule has 1 aliphatic heterocycles. The fraction of sp³-hybridized carbons (Fsp3) is 0.700. The van der Waals surface area contributed by atoms with Gasteiger partial charge in [-0.25, -0.2) is 0 Å². The quantitative estimate of drug-likeness (QED) is 0.508. The predicted octanol–water partition coefficient (Wildman–Crippen LogP) is -0.599. The Morgan fingerprint density at radius 2 is 1.94 bits per heavy atom. The molecule has 0 aromatic heterocycles. The van der Waals surface area contributed by atoms with Crippen LogP contribution in [-0.4, -0.2) is 41.3 Å². The number of imide groups is 1. The zero-order valence-corrected chi connectivity index (χ0v) is 9.81. The van der Waals surface area contributed by atoms with Crippen LogP contribution in [0.4, 0.5) is 0 Å². The van der Waals surface area contributed by atoms with Gasteiger partial charge in [-0.3, -0.25) is 19.8 Å². The molecule has 1 aliphatic carbocycles. The van der Waals surface area contributed by atoms with Gasteiger partial charge in [0.15, 0.2) is 0 Å². The van der Waals surface area contributed by atoms with Crippen molar-refractivity contribution in [2.75, 3.05) is 19.6 Å². The van der Waals surface area contributed by atoms with E-state index in [0.29, 0.717) is 24.5 Å². The van der Waals surface area contributed by atoms with E-state index in [-0.39, 0.29) is 17.2 Å². The molecule has 0 spiro atoms. The molecule has 3 N–H and O–H groups in total. The first-order chi connectivity index (χ1) is 7.49. The predicted molar refractivity (Wildman–Crippen MR) is 62.7 cm³/mol. The molecule has 2 fully saturated rings. The van der Waals surface area contributed by atoms with E-state index in [4.69, 9.17) is 18.0 Å². The number of nitrogens with one attached hydrogen (secondary N) is 1. The SMILES string of the molecule is NC(=S)CC1(CN2CC(=O)NC(=O)C2)CC1. The van der Waals surface area contributed by atoms with Gasteiger partial charge >= 0.3 is 0 Å². The summed E-state index contributed by atoms with van der Waals surface area (Å²) in [6.45, 7) is 1.33. The maximum atomic E-state index is 11.2. The third-order valence-corrected chi connectivity index (χ3v) is 3.22. The average Bonchev–Trinajstić information content (AvgIpc) is 2.80. The Kier molecular flexibility index (Phi) is 2.94. The minimum Gasteiger partial charge on any atom is -0.393 e. The van der Waals surface area contributed by atoms with Crippen LogP contribution in [0.1, 0.15) is 19.3 Å². The maximum absolute atomic E-state index is 11.2. The summed E-state index contributed by atoms with van der Waals surface area (Å²) in [6.07, 6.45) is 2.88. The largest absolute Gasteiger partial charge is 0.393 e. The fourth-order valence-electron chi connectivity index (χ4n) is 2.22. The van der Waals surface area contributed by atoms with Crippen LogP contribution in [0.2, 0.25) is 0 Å². The van der Waals surface area contributed by atoms with Crippen LogP contribution in [0, 0.1) is 5.41 Å². The first kappa shape index (κ1) is 11.5. The van der Waals surface area contributed by atoms with Crippen LogP contribution in [0.15, 0.2) is 0 Å². The highest BCUT2D eigenvalue weighted by atomic mass is 32.1. The van der Waals surface area contributed by atoms with Gasteiger partial charge in [-0.2, -0.15) is 0 Å². The van der Waals surface area contributed by atoms with Crippen LogP contribution >= 0.6 is 12.2 Å². The normalized spacial score (nSPS) is 24.0. The molecule has 0 aromatic rings. The molecule has 0 unspecified atom stereocenters. The van der Waals surface area contributed by atoms with E-state index in [1.807, 2.05) is 4.90 Å². The van der Waals surface area contributed by atoms with Crippen molar-refractivity contribution < 1.29 is 9.59 Å². The number of nitrogens with two attached hydrogens (primary N) is 1. The van der Waals surface area contributed by atoms with E-state index < -0.39 is 0 Å². The molecule has 88 valence electrons. The first-order valence-corrected chi connectivity index (χ1v) is 5.73. The standard InChI is InChI=1S/C10H15N3O2S/c11-7(16)3-10(1-2-10)6-13-4-8(14)12-9(15)5-13/h1-6H2,(H2,11,16)(H,12,14,15). The Morgan fingerprint density at radius 1 is 1.38 bits per heavy atom. The molecule has 2 amide bonds. The van der Waals surface area contributed by atoms with E-state index in [2.05, 4.69) is 5.32 Å². The highest BCUT2D eigenvalue weighted by Gasteiger charge is 2.45. The molecule has 0 radical (unpaired) electrons. The second-order valence-electron chi connectivity index (χ2n) is 4.76. The summed E-state index contributed by atoms with van der Waals surface area (Å²) < 4.78 is 0. The molecule has 16 heavy (non-hydrogen) atoms. The van der Waals surface area contributed by atoms with Crippen LogP contribution in [0.3, 0.4) is 0 Å². The van der Waals surface area contributed by atoms with Crippen molar-refractivity contribution >= 4 is 29.0 Å². The van der Waals surface area contributed by atoms with Gasteiger partial charge in [-0.05, 0) is 18.3 Å². The Labute approximate surface area is 99.3 Å². The number of amides is 2. The lowest BCUT2D eigenvalue weighted by Gasteiger charge is -2.29. The number of thiocarbonyl (C=S) groups is 1. The molecule has 2 rings (SSSR count). The van der Waals surface area contributed by atoms with Gasteiger partial charge in [0, 0.05) is 13.0 Å². The van der Waals surface area contributed by atoms with Crippen molar-refractivity contribution in [2.45, 2.75) is 19.3 Å². The molecule has 1 saturated heterocycles. The minimum atomic E-state index is -0.220. The molecular formula is C10H15N3O2S. The van der Waals surface area contributed by atoms with Gasteiger partial charge in [0.2, 0.25) is 11.8 Å². The summed E-state index contributed by atoms with van der Waals surface area (Å²) in [5, 5.41) is 2.29. The van der Waals surface area contributed by atoms with E-state index in [1.54, 1.807) is 0 Å². The Balaban J connectivity index is 1.91. The van der Waals surface area contributed by atoms with Crippen LogP contribution in [0.25, 0.3) is 0 Å². The lowest BCUT2D eigenvalue weighted by molar-refractivity contribution is -0.136. The highest BCUT2D eigenvalue weighted by Crippen LogP contribution is 2.49. The Morgan fingerprint density at radius 3 is 2.38 bits per heavy atom. The van der Waals surface area contributed by atoms with Gasteiger partial charge in [-0.15, -0.1) is 0 Å². The van der Waals surface area contributed by atoms with Crippen molar-refractivity contribution in [3.05, 3.63) is 0 Å². The zero-order chi connectivity index (χ0) is 11.8. The maximum Gasteiger partial charge on any atom is 0.240 e. The number of piperazine rings is 1. The third-order valence-electron chi connectivity index (χ3n) is 3.08. The number of carbonyl (C=O) groups is 2. The molecule has 0 aromatic carbocycles. The van der Waals surface area contributed by atoms with Gasteiger partial charge in [-0.1, -0.05) is 12.2 Å². The van der Waals surface area contributed by atoms with Crippen LogP contribution in [-0.2, 0) is 9.59 Å². The summed E-state index contributed by atoms with van der Waals surface area (Å²) in [4.78, 5) is 24.8. The first-order valence-electron chi connectivity index (χ1n) is 5.32. The third kappa shape index (κ3) is 2.76. The van der Waals surface area contributed by atoms with Crippen molar-refractivity contribution in [3.63, 3.8) is 0 Å². The molecule has 0 atom stereocenters. The number of rotatable bonds is 4. The Bertz CT molecular complexity index is 336. The van der Waals surface area contributed by atoms with Crippen molar-refractivity contribution in [1.29, 1.82) is 0 Å². The fourth-order valence-corrected chi connectivity index (χ4v) is 2.53. The van der Waals surface area contributed by atoms with Gasteiger partial charge < -0.3 is 5.73 Å². The number of nitrogens with zero attached hydrogens (tertiary/aromatic N) is 1. The zero-order valence-electron chi connectivity index (χ0n) is 8.99. The molecule has 0 bridgehead atoms. The van der Waals surface area contributed by atoms with Gasteiger partial charge in [0.1, 0.15) is 0 Å². The Hall–Kier alpha value is -1.01. The monoisotopic (exact) mass is 241 g/mol. The van der Waals surface area contributed by atoms with Crippen LogP contribution < -0.4 is 11.1 Å². The van der Waals surface area contributed by atoms with E-state index >= 15 is 0 Å². The van der Waals surface area contributed by atoms with Crippen molar-refractivity contribution in [2.24, 2.45) is 11.1 Å². The summed E-state index contributed by atoms with van der Waals surface area (Å²) >= 11 is 4.91. The van der Waals surface area contributed by atoms with E-state index in [9.17, 15) is 9.59 Å². The molecule has 2 aliphatic rings. The molecule has 5 nitrogen and oxygen atoms in total. The van der Waals surface area contributed by atoms with E-state index in [0.717, 1.165) is 19.4 Å². The van der Waals surface area contributed by atoms with Gasteiger partial charge in [0.05, 0.1) is 18.1 Å².